The van der Waals surface area contributed by atoms with Crippen LogP contribution in [-0.4, -0.2) is 53.7 Å². The van der Waals surface area contributed by atoms with Gasteiger partial charge in [0.2, 0.25) is 5.13 Å². The van der Waals surface area contributed by atoms with E-state index in [-0.39, 0.29) is 0 Å². The molecule has 2 aromatic rings. The third-order valence-corrected chi connectivity index (χ3v) is 4.73. The molecule has 0 saturated carbocycles. The van der Waals surface area contributed by atoms with Gasteiger partial charge in [-0.05, 0) is 17.7 Å². The highest BCUT2D eigenvalue weighted by Crippen LogP contribution is 2.31. The summed E-state index contributed by atoms with van der Waals surface area (Å²) < 4.78 is 15.3. The van der Waals surface area contributed by atoms with Crippen molar-refractivity contribution in [2.45, 2.75) is 6.54 Å². The van der Waals surface area contributed by atoms with Crippen molar-refractivity contribution in [3.8, 4) is 11.5 Å². The van der Waals surface area contributed by atoms with Gasteiger partial charge in [0.15, 0.2) is 11.5 Å². The van der Waals surface area contributed by atoms with E-state index < -0.39 is 0 Å². The predicted molar refractivity (Wildman–Crippen MR) is 84.8 cm³/mol. The van der Waals surface area contributed by atoms with E-state index in [4.69, 9.17) is 9.47 Å². The lowest BCUT2D eigenvalue weighted by molar-refractivity contribution is 0.171. The molecule has 0 atom stereocenters. The minimum absolute atomic E-state index is 0.636. The van der Waals surface area contributed by atoms with Gasteiger partial charge in [-0.1, -0.05) is 6.07 Å². The van der Waals surface area contributed by atoms with Crippen LogP contribution < -0.4 is 14.4 Å². The first-order valence-electron chi connectivity index (χ1n) is 7.51. The van der Waals surface area contributed by atoms with Gasteiger partial charge in [0.25, 0.3) is 0 Å². The van der Waals surface area contributed by atoms with E-state index in [0.717, 1.165) is 49.4 Å². The van der Waals surface area contributed by atoms with Crippen LogP contribution in [0.15, 0.2) is 24.5 Å². The highest BCUT2D eigenvalue weighted by atomic mass is 32.1. The number of piperazine rings is 1. The summed E-state index contributed by atoms with van der Waals surface area (Å²) >= 11 is 1.47. The Kier molecular flexibility index (Phi) is 3.82. The highest BCUT2D eigenvalue weighted by Gasteiger charge is 2.20. The molecule has 6 nitrogen and oxygen atoms in total. The first kappa shape index (κ1) is 13.8. The summed E-state index contributed by atoms with van der Waals surface area (Å²) in [5.74, 6) is 1.73. The topological polar surface area (TPSA) is 50.7 Å². The third kappa shape index (κ3) is 2.86. The standard InChI is InChI=1S/C15H18N4O2S/c1-2-13-14(21-8-7-20-13)9-12(1)10-18-3-5-19(6-4-18)15-16-11-17-22-15/h1-2,9,11H,3-8,10H2. The summed E-state index contributed by atoms with van der Waals surface area (Å²) in [5, 5.41) is 1.03. The predicted octanol–water partition coefficient (Wildman–Crippen LogP) is 1.63. The maximum absolute atomic E-state index is 5.65. The van der Waals surface area contributed by atoms with E-state index >= 15 is 0 Å². The second-order valence-corrected chi connectivity index (χ2v) is 6.22. The number of hydrogen-bond donors (Lipinski definition) is 0. The fourth-order valence-electron chi connectivity index (χ4n) is 2.85. The Hall–Kier alpha value is -1.86. The number of benzene rings is 1. The van der Waals surface area contributed by atoms with Gasteiger partial charge in [-0.15, -0.1) is 0 Å². The number of rotatable bonds is 3. The highest BCUT2D eigenvalue weighted by molar-refractivity contribution is 7.09. The molecule has 22 heavy (non-hydrogen) atoms. The smallest absolute Gasteiger partial charge is 0.205 e. The fraction of sp³-hybridized carbons (Fsp3) is 0.467. The lowest BCUT2D eigenvalue weighted by Gasteiger charge is -2.34. The molecule has 0 unspecified atom stereocenters. The lowest BCUT2D eigenvalue weighted by atomic mass is 10.1. The van der Waals surface area contributed by atoms with Crippen molar-refractivity contribution in [3.05, 3.63) is 30.1 Å². The number of aromatic nitrogens is 2. The van der Waals surface area contributed by atoms with E-state index in [1.54, 1.807) is 6.33 Å². The molecule has 1 saturated heterocycles. The lowest BCUT2D eigenvalue weighted by Crippen LogP contribution is -2.45. The largest absolute Gasteiger partial charge is 0.486 e. The summed E-state index contributed by atoms with van der Waals surface area (Å²) in [4.78, 5) is 9.05. The van der Waals surface area contributed by atoms with Crippen molar-refractivity contribution >= 4 is 16.7 Å². The fourth-order valence-corrected chi connectivity index (χ4v) is 3.43. The summed E-state index contributed by atoms with van der Waals surface area (Å²) in [7, 11) is 0. The molecule has 3 heterocycles. The number of anilines is 1. The monoisotopic (exact) mass is 318 g/mol. The average molecular weight is 318 g/mol. The Balaban J connectivity index is 1.36. The van der Waals surface area contributed by atoms with E-state index in [1.807, 2.05) is 6.07 Å². The number of nitrogens with zero attached hydrogens (tertiary/aromatic N) is 4. The second-order valence-electron chi connectivity index (χ2n) is 5.47. The van der Waals surface area contributed by atoms with Crippen molar-refractivity contribution in [2.24, 2.45) is 0 Å². The zero-order chi connectivity index (χ0) is 14.8. The molecule has 2 aliphatic heterocycles. The molecule has 0 bridgehead atoms. The Bertz CT molecular complexity index is 626. The Morgan fingerprint density at radius 2 is 1.86 bits per heavy atom. The minimum atomic E-state index is 0.636. The molecule has 7 heteroatoms. The molecule has 1 fully saturated rings. The van der Waals surface area contributed by atoms with Crippen molar-refractivity contribution in [1.82, 2.24) is 14.3 Å². The SMILES string of the molecule is c1nsc(N2CCN(Cc3ccc4c(c3)OCCO4)CC2)n1. The Morgan fingerprint density at radius 1 is 1.05 bits per heavy atom. The zero-order valence-electron chi connectivity index (χ0n) is 12.3. The molecule has 2 aliphatic rings. The molecule has 116 valence electrons. The number of fused-ring (bicyclic) bond motifs is 1. The van der Waals surface area contributed by atoms with Crippen LogP contribution in [0.1, 0.15) is 5.56 Å². The Labute approximate surface area is 133 Å². The van der Waals surface area contributed by atoms with Crippen molar-refractivity contribution in [1.29, 1.82) is 0 Å². The van der Waals surface area contributed by atoms with Gasteiger partial charge < -0.3 is 14.4 Å². The van der Waals surface area contributed by atoms with Gasteiger partial charge in [0.1, 0.15) is 19.5 Å². The van der Waals surface area contributed by atoms with Crippen LogP contribution in [0.5, 0.6) is 11.5 Å². The quantitative estimate of drug-likeness (QED) is 0.857. The molecule has 0 radical (unpaired) electrons. The summed E-state index contributed by atoms with van der Waals surface area (Å²) in [6.45, 7) is 6.29. The van der Waals surface area contributed by atoms with E-state index in [1.165, 1.54) is 17.1 Å². The first-order valence-corrected chi connectivity index (χ1v) is 8.28. The van der Waals surface area contributed by atoms with E-state index in [0.29, 0.717) is 13.2 Å². The molecule has 1 aromatic heterocycles. The van der Waals surface area contributed by atoms with Crippen LogP contribution in [0.4, 0.5) is 5.13 Å². The van der Waals surface area contributed by atoms with Gasteiger partial charge in [-0.3, -0.25) is 4.90 Å². The van der Waals surface area contributed by atoms with Crippen LogP contribution in [0.3, 0.4) is 0 Å². The van der Waals surface area contributed by atoms with E-state index in [2.05, 4.69) is 31.3 Å². The summed E-state index contributed by atoms with van der Waals surface area (Å²) in [5.41, 5.74) is 1.27. The molecular weight excluding hydrogens is 300 g/mol. The van der Waals surface area contributed by atoms with Gasteiger partial charge in [-0.25, -0.2) is 4.98 Å². The van der Waals surface area contributed by atoms with Gasteiger partial charge in [0.05, 0.1) is 0 Å². The Morgan fingerprint density at radius 3 is 2.64 bits per heavy atom. The normalized spacial score (nSPS) is 18.5. The van der Waals surface area contributed by atoms with Gasteiger partial charge in [-0.2, -0.15) is 4.37 Å². The minimum Gasteiger partial charge on any atom is -0.486 e. The molecule has 0 N–H and O–H groups in total. The molecule has 0 spiro atoms. The number of hydrogen-bond acceptors (Lipinski definition) is 7. The molecule has 4 rings (SSSR count). The molecule has 0 amide bonds. The molecular formula is C15H18N4O2S. The van der Waals surface area contributed by atoms with Crippen LogP contribution in [0.2, 0.25) is 0 Å². The average Bonchev–Trinajstić information content (AvgIpc) is 3.10. The van der Waals surface area contributed by atoms with Crippen LogP contribution in [0.25, 0.3) is 0 Å². The second kappa shape index (κ2) is 6.10. The molecule has 1 aromatic carbocycles. The maximum Gasteiger partial charge on any atom is 0.205 e. The van der Waals surface area contributed by atoms with Gasteiger partial charge in [0, 0.05) is 44.3 Å². The summed E-state index contributed by atoms with van der Waals surface area (Å²) in [6.07, 6.45) is 1.63. The zero-order valence-corrected chi connectivity index (χ0v) is 13.1. The van der Waals surface area contributed by atoms with Crippen LogP contribution in [-0.2, 0) is 6.54 Å². The molecule has 0 aliphatic carbocycles. The number of ether oxygens (including phenoxy) is 2. The maximum atomic E-state index is 5.65. The first-order chi connectivity index (χ1) is 10.9. The van der Waals surface area contributed by atoms with Crippen LogP contribution >= 0.6 is 11.5 Å². The van der Waals surface area contributed by atoms with Crippen molar-refractivity contribution in [3.63, 3.8) is 0 Å². The summed E-state index contributed by atoms with van der Waals surface area (Å²) in [6, 6.07) is 6.25. The van der Waals surface area contributed by atoms with Crippen molar-refractivity contribution in [2.75, 3.05) is 44.3 Å². The van der Waals surface area contributed by atoms with Gasteiger partial charge >= 0.3 is 0 Å². The van der Waals surface area contributed by atoms with E-state index in [9.17, 15) is 0 Å². The van der Waals surface area contributed by atoms with Crippen molar-refractivity contribution < 1.29 is 9.47 Å². The van der Waals surface area contributed by atoms with Crippen LogP contribution in [0, 0.1) is 0 Å². The third-order valence-electron chi connectivity index (χ3n) is 4.01.